The Bertz CT molecular complexity index is 484. The molecule has 10 heteroatoms. The summed E-state index contributed by atoms with van der Waals surface area (Å²) in [6.45, 7) is 14.8. The van der Waals surface area contributed by atoms with Crippen LogP contribution in [0.25, 0.3) is 0 Å². The number of allylic oxidation sites excluding steroid dienone is 1. The molecule has 1 amide bonds. The van der Waals surface area contributed by atoms with E-state index in [1.807, 2.05) is 12.3 Å². The van der Waals surface area contributed by atoms with Crippen molar-refractivity contribution >= 4 is 27.5 Å². The molecule has 8 nitrogen and oxygen atoms in total. The average molecular weight is 525 g/mol. The molecule has 0 aliphatic carbocycles. The molecular formula is C24H48N2O6S2. The van der Waals surface area contributed by atoms with Crippen molar-refractivity contribution in [1.82, 2.24) is 10.6 Å². The summed E-state index contributed by atoms with van der Waals surface area (Å²) in [5.41, 5.74) is 0.0694. The summed E-state index contributed by atoms with van der Waals surface area (Å²) < 4.78 is 28.1. The predicted octanol–water partition coefficient (Wildman–Crippen LogP) is 3.51. The van der Waals surface area contributed by atoms with Crippen LogP contribution >= 0.6 is 21.6 Å². The van der Waals surface area contributed by atoms with Crippen molar-refractivity contribution in [2.45, 2.75) is 52.0 Å². The van der Waals surface area contributed by atoms with Gasteiger partial charge in [-0.2, -0.15) is 0 Å². The molecule has 0 saturated carbocycles. The Morgan fingerprint density at radius 3 is 2.12 bits per heavy atom. The van der Waals surface area contributed by atoms with Gasteiger partial charge in [0.25, 0.3) is 0 Å². The fourth-order valence-electron chi connectivity index (χ4n) is 2.51. The molecule has 0 fully saturated rings. The van der Waals surface area contributed by atoms with Crippen molar-refractivity contribution in [2.75, 3.05) is 78.8 Å². The Kier molecular flexibility index (Phi) is 25.5. The number of hydrogen-bond donors (Lipinski definition) is 2. The second-order valence-electron chi connectivity index (χ2n) is 8.14. The van der Waals surface area contributed by atoms with Gasteiger partial charge in [0.05, 0.1) is 59.5 Å². The first kappa shape index (κ1) is 33.7. The largest absolute Gasteiger partial charge is 0.379 e. The molecule has 2 N–H and O–H groups in total. The van der Waals surface area contributed by atoms with Gasteiger partial charge in [0.15, 0.2) is 0 Å². The molecule has 202 valence electrons. The first-order chi connectivity index (χ1) is 16.5. The first-order valence-electron chi connectivity index (χ1n) is 12.2. The minimum Gasteiger partial charge on any atom is -0.379 e. The third kappa shape index (κ3) is 26.3. The fourth-order valence-corrected chi connectivity index (χ4v) is 4.17. The molecule has 0 heterocycles. The summed E-state index contributed by atoms with van der Waals surface area (Å²) in [7, 11) is 3.38. The lowest BCUT2D eigenvalue weighted by Crippen LogP contribution is -2.27. The maximum Gasteiger partial charge on any atom is 0.222 e. The van der Waals surface area contributed by atoms with Crippen molar-refractivity contribution in [3.8, 4) is 0 Å². The van der Waals surface area contributed by atoms with Gasteiger partial charge >= 0.3 is 0 Å². The molecular weight excluding hydrogens is 476 g/mol. The van der Waals surface area contributed by atoms with E-state index in [2.05, 4.69) is 44.4 Å². The Hall–Kier alpha value is -0.330. The van der Waals surface area contributed by atoms with E-state index >= 15 is 0 Å². The van der Waals surface area contributed by atoms with E-state index in [4.69, 9.17) is 23.7 Å². The second-order valence-corrected chi connectivity index (χ2v) is 10.8. The van der Waals surface area contributed by atoms with Crippen LogP contribution in [-0.4, -0.2) is 96.2 Å². The van der Waals surface area contributed by atoms with Gasteiger partial charge in [-0.3, -0.25) is 4.79 Å². The smallest absolute Gasteiger partial charge is 0.222 e. The standard InChI is InChI=1S/C24H48N2O6S2/c1-21(2)7-6-10-26-23(27)8-12-28-16-18-31-19-20-32-24(34-33-5)9-13-29-15-17-30-14-11-25-22(3)4/h6-7,21-22,24-25H,8-20H2,1-5H3,(H,26,27)/b7-6+. The first-order valence-corrected chi connectivity index (χ1v) is 14.9. The number of amides is 1. The lowest BCUT2D eigenvalue weighted by Gasteiger charge is -2.16. The molecule has 0 radical (unpaired) electrons. The molecule has 0 aromatic carbocycles. The van der Waals surface area contributed by atoms with Gasteiger partial charge in [-0.15, -0.1) is 0 Å². The number of rotatable bonds is 25. The van der Waals surface area contributed by atoms with Crippen LogP contribution in [0.4, 0.5) is 0 Å². The van der Waals surface area contributed by atoms with Crippen molar-refractivity contribution in [3.05, 3.63) is 12.2 Å². The number of carbonyl (C=O) groups excluding carboxylic acids is 1. The van der Waals surface area contributed by atoms with E-state index in [1.165, 1.54) is 0 Å². The Morgan fingerprint density at radius 2 is 1.47 bits per heavy atom. The highest BCUT2D eigenvalue weighted by atomic mass is 33.1. The predicted molar refractivity (Wildman–Crippen MR) is 143 cm³/mol. The van der Waals surface area contributed by atoms with Gasteiger partial charge in [-0.1, -0.05) is 61.4 Å². The summed E-state index contributed by atoms with van der Waals surface area (Å²) >= 11 is 0. The molecule has 1 unspecified atom stereocenters. The molecule has 0 bridgehead atoms. The molecule has 1 atom stereocenters. The molecule has 0 aliphatic rings. The van der Waals surface area contributed by atoms with Gasteiger partial charge in [0.1, 0.15) is 5.44 Å². The zero-order valence-corrected chi connectivity index (χ0v) is 23.5. The Balaban J connectivity index is 3.53. The summed E-state index contributed by atoms with van der Waals surface area (Å²) in [6, 6.07) is 0.483. The Labute approximate surface area is 215 Å². The zero-order chi connectivity index (χ0) is 25.3. The average Bonchev–Trinajstić information content (AvgIpc) is 2.79. The topological polar surface area (TPSA) is 87.3 Å². The van der Waals surface area contributed by atoms with E-state index in [9.17, 15) is 4.79 Å². The lowest BCUT2D eigenvalue weighted by atomic mass is 10.2. The van der Waals surface area contributed by atoms with Gasteiger partial charge in [-0.25, -0.2) is 0 Å². The minimum atomic E-state index is -0.00416. The highest BCUT2D eigenvalue weighted by Crippen LogP contribution is 2.26. The lowest BCUT2D eigenvalue weighted by molar-refractivity contribution is -0.122. The maximum absolute atomic E-state index is 11.7. The Morgan fingerprint density at radius 1 is 0.853 bits per heavy atom. The SMILES string of the molecule is CSSC(CCOCCOCCNC(C)C)OCCOCCOCCC(=O)NC/C=C/C(C)C. The van der Waals surface area contributed by atoms with Crippen molar-refractivity contribution < 1.29 is 28.5 Å². The highest BCUT2D eigenvalue weighted by molar-refractivity contribution is 8.76. The van der Waals surface area contributed by atoms with Gasteiger partial charge in [0.2, 0.25) is 5.91 Å². The summed E-state index contributed by atoms with van der Waals surface area (Å²) in [5, 5.41) is 6.15. The molecule has 0 rings (SSSR count). The van der Waals surface area contributed by atoms with Crippen molar-refractivity contribution in [3.63, 3.8) is 0 Å². The normalized spacial score (nSPS) is 12.8. The maximum atomic E-state index is 11.7. The van der Waals surface area contributed by atoms with Crippen LogP contribution in [0.3, 0.4) is 0 Å². The summed E-state index contributed by atoms with van der Waals surface area (Å²) in [4.78, 5) is 11.7. The van der Waals surface area contributed by atoms with E-state index in [0.717, 1.165) is 13.0 Å². The number of carbonyl (C=O) groups is 1. The number of ether oxygens (including phenoxy) is 5. The van der Waals surface area contributed by atoms with Crippen LogP contribution in [0.1, 0.15) is 40.5 Å². The van der Waals surface area contributed by atoms with Crippen LogP contribution in [0.15, 0.2) is 12.2 Å². The number of nitrogens with one attached hydrogen (secondary N) is 2. The zero-order valence-electron chi connectivity index (χ0n) is 21.8. The molecule has 34 heavy (non-hydrogen) atoms. The third-order valence-electron chi connectivity index (χ3n) is 4.19. The quantitative estimate of drug-likeness (QED) is 0.0806. The van der Waals surface area contributed by atoms with Gasteiger partial charge in [0, 0.05) is 32.0 Å². The molecule has 0 saturated heterocycles. The fraction of sp³-hybridized carbons (Fsp3) is 0.875. The molecule has 0 aromatic heterocycles. The number of hydrogen-bond acceptors (Lipinski definition) is 9. The highest BCUT2D eigenvalue weighted by Gasteiger charge is 2.09. The van der Waals surface area contributed by atoms with Crippen LogP contribution in [0.5, 0.6) is 0 Å². The van der Waals surface area contributed by atoms with E-state index in [0.29, 0.717) is 84.4 Å². The summed E-state index contributed by atoms with van der Waals surface area (Å²) in [6.07, 6.45) is 7.25. The van der Waals surface area contributed by atoms with Crippen LogP contribution in [-0.2, 0) is 28.5 Å². The molecule has 0 spiro atoms. The summed E-state index contributed by atoms with van der Waals surface area (Å²) in [5.74, 6) is 0.489. The molecule has 0 aromatic rings. The van der Waals surface area contributed by atoms with Crippen LogP contribution in [0, 0.1) is 5.92 Å². The minimum absolute atomic E-state index is 0.00416. The van der Waals surface area contributed by atoms with Crippen molar-refractivity contribution in [1.29, 1.82) is 0 Å². The van der Waals surface area contributed by atoms with E-state index in [1.54, 1.807) is 21.6 Å². The van der Waals surface area contributed by atoms with E-state index in [-0.39, 0.29) is 11.3 Å². The van der Waals surface area contributed by atoms with Crippen LogP contribution < -0.4 is 10.6 Å². The van der Waals surface area contributed by atoms with E-state index < -0.39 is 0 Å². The molecule has 0 aliphatic heterocycles. The monoisotopic (exact) mass is 524 g/mol. The third-order valence-corrected chi connectivity index (χ3v) is 6.19. The van der Waals surface area contributed by atoms with Crippen LogP contribution in [0.2, 0.25) is 0 Å². The van der Waals surface area contributed by atoms with Gasteiger partial charge < -0.3 is 34.3 Å². The van der Waals surface area contributed by atoms with Crippen molar-refractivity contribution in [2.24, 2.45) is 5.92 Å². The van der Waals surface area contributed by atoms with Gasteiger partial charge in [-0.05, 0) is 12.2 Å². The second kappa shape index (κ2) is 25.8.